The van der Waals surface area contributed by atoms with Crippen LogP contribution in [0.4, 0.5) is 0 Å². The Balaban J connectivity index is 2.48. The predicted molar refractivity (Wildman–Crippen MR) is 221 cm³/mol. The van der Waals surface area contributed by atoms with Gasteiger partial charge in [0.2, 0.25) is 0 Å². The highest BCUT2D eigenvalue weighted by atomic mass is 31.2. The highest BCUT2D eigenvalue weighted by Crippen LogP contribution is 2.47. The van der Waals surface area contributed by atoms with Crippen molar-refractivity contribution in [3.8, 4) is 0 Å². The van der Waals surface area contributed by atoms with Gasteiger partial charge in [0.05, 0.1) is 6.61 Å². The molecule has 0 radical (unpaired) electrons. The van der Waals surface area contributed by atoms with Crippen LogP contribution in [0, 0.1) is 0 Å². The van der Waals surface area contributed by atoms with E-state index < -0.39 is 75.7 Å². The first-order valence-electron chi connectivity index (χ1n) is 22.1. The molecule has 334 valence electrons. The predicted octanol–water partition coefficient (Wildman–Crippen LogP) is 8.06. The zero-order valence-corrected chi connectivity index (χ0v) is 36.0. The SMILES string of the molecule is CCC/C=C\C/C=C\CCCCCCCC(=O)OC[C@H](COP(=O)(O)OC1C(O)C(O)C(O)[C@@H](O)C1O)OC(=O)CCCCCCCCCCCCCCCCC. The molecule has 1 fully saturated rings. The number of carbonyl (C=O) groups is 2. The summed E-state index contributed by atoms with van der Waals surface area (Å²) in [6.45, 7) is 3.22. The minimum absolute atomic E-state index is 0.0976. The van der Waals surface area contributed by atoms with Crippen LogP contribution in [0.25, 0.3) is 0 Å². The van der Waals surface area contributed by atoms with E-state index in [4.69, 9.17) is 18.5 Å². The van der Waals surface area contributed by atoms with Crippen LogP contribution < -0.4 is 0 Å². The number of allylic oxidation sites excluding steroid dienone is 4. The number of carbonyl (C=O) groups excluding carboxylic acids is 2. The number of esters is 2. The lowest BCUT2D eigenvalue weighted by Gasteiger charge is -2.41. The Kier molecular flexibility index (Phi) is 31.9. The van der Waals surface area contributed by atoms with Crippen LogP contribution in [-0.2, 0) is 32.7 Å². The number of hydrogen-bond donors (Lipinski definition) is 6. The first kappa shape index (κ1) is 53.3. The molecular formula is C43H79O13P. The van der Waals surface area contributed by atoms with E-state index in [1.165, 1.54) is 64.2 Å². The minimum Gasteiger partial charge on any atom is -0.462 e. The Morgan fingerprint density at radius 3 is 1.49 bits per heavy atom. The number of phosphoric acid groups is 1. The Hall–Kier alpha value is -1.67. The number of ether oxygens (including phenoxy) is 2. The molecular weight excluding hydrogens is 755 g/mol. The maximum absolute atomic E-state index is 12.8. The molecule has 0 bridgehead atoms. The third kappa shape index (κ3) is 26.9. The van der Waals surface area contributed by atoms with Gasteiger partial charge in [0, 0.05) is 12.8 Å². The molecule has 1 aliphatic rings. The molecule has 1 saturated carbocycles. The minimum atomic E-state index is -5.11. The van der Waals surface area contributed by atoms with Crippen LogP contribution in [0.1, 0.15) is 181 Å². The Labute approximate surface area is 343 Å². The number of rotatable bonds is 36. The van der Waals surface area contributed by atoms with Gasteiger partial charge in [0.1, 0.15) is 43.2 Å². The summed E-state index contributed by atoms with van der Waals surface area (Å²) < 4.78 is 33.5. The van der Waals surface area contributed by atoms with E-state index in [-0.39, 0.29) is 12.8 Å². The molecule has 57 heavy (non-hydrogen) atoms. The Morgan fingerprint density at radius 2 is 0.982 bits per heavy atom. The highest BCUT2D eigenvalue weighted by Gasteiger charge is 2.51. The van der Waals surface area contributed by atoms with E-state index >= 15 is 0 Å². The molecule has 13 nitrogen and oxygen atoms in total. The fourth-order valence-corrected chi connectivity index (χ4v) is 7.65. The number of aliphatic hydroxyl groups excluding tert-OH is 5. The van der Waals surface area contributed by atoms with Crippen LogP contribution >= 0.6 is 7.82 Å². The average molecular weight is 835 g/mol. The van der Waals surface area contributed by atoms with Gasteiger partial charge < -0.3 is 39.9 Å². The van der Waals surface area contributed by atoms with E-state index in [1.807, 2.05) is 0 Å². The molecule has 14 heteroatoms. The topological polar surface area (TPSA) is 210 Å². The summed E-state index contributed by atoms with van der Waals surface area (Å²) in [6.07, 6.45) is 22.4. The highest BCUT2D eigenvalue weighted by molar-refractivity contribution is 7.47. The smallest absolute Gasteiger partial charge is 0.462 e. The fourth-order valence-electron chi connectivity index (χ4n) is 6.68. The van der Waals surface area contributed by atoms with E-state index in [0.29, 0.717) is 12.8 Å². The molecule has 1 aliphatic carbocycles. The van der Waals surface area contributed by atoms with Crippen molar-refractivity contribution < 1.29 is 63.1 Å². The van der Waals surface area contributed by atoms with Crippen molar-refractivity contribution in [2.24, 2.45) is 0 Å². The lowest BCUT2D eigenvalue weighted by atomic mass is 9.85. The van der Waals surface area contributed by atoms with Crippen molar-refractivity contribution in [2.75, 3.05) is 13.2 Å². The van der Waals surface area contributed by atoms with Crippen LogP contribution in [0.3, 0.4) is 0 Å². The van der Waals surface area contributed by atoms with Crippen molar-refractivity contribution in [3.05, 3.63) is 24.3 Å². The number of hydrogen-bond acceptors (Lipinski definition) is 12. The van der Waals surface area contributed by atoms with Gasteiger partial charge in [-0.1, -0.05) is 154 Å². The van der Waals surface area contributed by atoms with Crippen LogP contribution in [0.5, 0.6) is 0 Å². The first-order chi connectivity index (χ1) is 27.4. The van der Waals surface area contributed by atoms with Crippen molar-refractivity contribution in [1.82, 2.24) is 0 Å². The summed E-state index contributed by atoms with van der Waals surface area (Å²) in [6, 6.07) is 0. The molecule has 0 heterocycles. The zero-order chi connectivity index (χ0) is 42.2. The summed E-state index contributed by atoms with van der Waals surface area (Å²) in [7, 11) is -5.11. The lowest BCUT2D eigenvalue weighted by Crippen LogP contribution is -2.64. The third-order valence-corrected chi connectivity index (χ3v) is 11.3. The van der Waals surface area contributed by atoms with Gasteiger partial charge in [0.25, 0.3) is 0 Å². The van der Waals surface area contributed by atoms with Crippen LogP contribution in [0.2, 0.25) is 0 Å². The summed E-state index contributed by atoms with van der Waals surface area (Å²) in [5, 5.41) is 50.1. The van der Waals surface area contributed by atoms with Gasteiger partial charge >= 0.3 is 19.8 Å². The summed E-state index contributed by atoms with van der Waals surface area (Å²) in [4.78, 5) is 35.6. The van der Waals surface area contributed by atoms with Gasteiger partial charge in [-0.25, -0.2) is 4.57 Å². The van der Waals surface area contributed by atoms with Crippen molar-refractivity contribution in [2.45, 2.75) is 224 Å². The quantitative estimate of drug-likeness (QED) is 0.0153. The molecule has 0 aliphatic heterocycles. The monoisotopic (exact) mass is 835 g/mol. The average Bonchev–Trinajstić information content (AvgIpc) is 3.19. The Morgan fingerprint density at radius 1 is 0.544 bits per heavy atom. The number of phosphoric ester groups is 1. The number of unbranched alkanes of at least 4 members (excludes halogenated alkanes) is 20. The molecule has 0 spiro atoms. The van der Waals surface area contributed by atoms with Crippen molar-refractivity contribution in [1.29, 1.82) is 0 Å². The molecule has 0 amide bonds. The standard InChI is InChI=1S/C43H79O13P/c1-3-5-7-9-11-13-15-17-18-20-22-24-26-28-30-32-37(45)55-35(34-54-57(51,52)56-43-41(49)39(47)38(46)40(48)42(43)50)33-53-36(44)31-29-27-25-23-21-19-16-14-12-10-8-6-4-2/h8,10,14,16,35,38-43,46-50H,3-7,9,11-13,15,17-34H2,1-2H3,(H,51,52)/b10-8-,16-14-/t35-,38?,39-,40?,41?,42?,43?/m1/s1. The first-order valence-corrected chi connectivity index (χ1v) is 23.6. The van der Waals surface area contributed by atoms with E-state index in [1.54, 1.807) is 0 Å². The van der Waals surface area contributed by atoms with Crippen LogP contribution in [0.15, 0.2) is 24.3 Å². The van der Waals surface area contributed by atoms with E-state index in [0.717, 1.165) is 77.0 Å². The van der Waals surface area contributed by atoms with Gasteiger partial charge in [0.15, 0.2) is 6.10 Å². The van der Waals surface area contributed by atoms with Gasteiger partial charge in [-0.2, -0.15) is 0 Å². The number of aliphatic hydroxyl groups is 5. The van der Waals surface area contributed by atoms with Gasteiger partial charge in [-0.3, -0.25) is 18.6 Å². The van der Waals surface area contributed by atoms with Crippen LogP contribution in [-0.4, -0.2) is 98.3 Å². The maximum atomic E-state index is 12.8. The molecule has 0 aromatic rings. The molecule has 0 aromatic heterocycles. The second kappa shape index (κ2) is 34.1. The van der Waals surface area contributed by atoms with Crippen molar-refractivity contribution in [3.63, 3.8) is 0 Å². The lowest BCUT2D eigenvalue weighted by molar-refractivity contribution is -0.220. The molecule has 0 saturated heterocycles. The molecule has 8 atom stereocenters. The van der Waals surface area contributed by atoms with Crippen molar-refractivity contribution >= 4 is 19.8 Å². The summed E-state index contributed by atoms with van der Waals surface area (Å²) >= 11 is 0. The summed E-state index contributed by atoms with van der Waals surface area (Å²) in [5.74, 6) is -1.11. The molecule has 0 aromatic carbocycles. The second-order valence-corrected chi connectivity index (χ2v) is 17.0. The normalized spacial score (nSPS) is 22.9. The molecule has 6 N–H and O–H groups in total. The van der Waals surface area contributed by atoms with Gasteiger partial charge in [-0.15, -0.1) is 0 Å². The maximum Gasteiger partial charge on any atom is 0.472 e. The fraction of sp³-hybridized carbons (Fsp3) is 0.860. The largest absolute Gasteiger partial charge is 0.472 e. The molecule has 1 rings (SSSR count). The molecule has 6 unspecified atom stereocenters. The Bertz CT molecular complexity index is 1100. The van der Waals surface area contributed by atoms with E-state index in [9.17, 15) is 44.6 Å². The zero-order valence-electron chi connectivity index (χ0n) is 35.1. The third-order valence-electron chi connectivity index (χ3n) is 10.3. The van der Waals surface area contributed by atoms with Gasteiger partial charge in [-0.05, 0) is 38.5 Å². The summed E-state index contributed by atoms with van der Waals surface area (Å²) in [5.41, 5.74) is 0. The van der Waals surface area contributed by atoms with E-state index in [2.05, 4.69) is 38.2 Å². The second-order valence-electron chi connectivity index (χ2n) is 15.6.